The van der Waals surface area contributed by atoms with Crippen molar-refractivity contribution in [2.45, 2.75) is 13.3 Å². The molecule has 0 unspecified atom stereocenters. The summed E-state index contributed by atoms with van der Waals surface area (Å²) in [6, 6.07) is 26.5. The molecule has 0 saturated heterocycles. The minimum atomic E-state index is -0.530. The van der Waals surface area contributed by atoms with E-state index in [1.165, 1.54) is 21.5 Å². The van der Waals surface area contributed by atoms with Crippen LogP contribution in [0.4, 0.5) is 0 Å². The van der Waals surface area contributed by atoms with Crippen LogP contribution in [0.1, 0.15) is 12.5 Å². The Morgan fingerprint density at radius 3 is 1.30 bits per heavy atom. The van der Waals surface area contributed by atoms with E-state index in [1.807, 2.05) is 0 Å². The van der Waals surface area contributed by atoms with Crippen LogP contribution in [-0.2, 0) is 6.42 Å². The zero-order chi connectivity index (χ0) is 16.2. The molecule has 0 bridgehead atoms. The summed E-state index contributed by atoms with van der Waals surface area (Å²) in [5.41, 5.74) is 1.38. The molecule has 0 aromatic heterocycles. The van der Waals surface area contributed by atoms with Gasteiger partial charge >= 0.3 is 0 Å². The van der Waals surface area contributed by atoms with Crippen molar-refractivity contribution < 1.29 is 0 Å². The summed E-state index contributed by atoms with van der Waals surface area (Å²) in [5.74, 6) is 0. The van der Waals surface area contributed by atoms with Crippen LogP contribution in [0.2, 0.25) is 0 Å². The molecule has 0 N–H and O–H groups in total. The van der Waals surface area contributed by atoms with Gasteiger partial charge in [-0.3, -0.25) is 0 Å². The molecule has 23 heavy (non-hydrogen) atoms. The molecule has 3 rings (SSSR count). The fourth-order valence-electron chi connectivity index (χ4n) is 2.51. The van der Waals surface area contributed by atoms with E-state index in [0.29, 0.717) is 0 Å². The monoisotopic (exact) mass is 446 g/mol. The topological polar surface area (TPSA) is 0 Å². The molecule has 0 atom stereocenters. The number of aryl methyl sites for hydroxylation is 1. The van der Waals surface area contributed by atoms with Crippen LogP contribution >= 0.6 is 39.8 Å². The lowest BCUT2D eigenvalue weighted by Crippen LogP contribution is -2.20. The first-order chi connectivity index (χ1) is 11.2. The first-order valence-electron chi connectivity index (χ1n) is 7.57. The normalized spacial score (nSPS) is 11.0. The van der Waals surface area contributed by atoms with Gasteiger partial charge in [-0.15, -0.1) is 0 Å². The minimum absolute atomic E-state index is 0.530. The number of benzene rings is 3. The third-order valence-electron chi connectivity index (χ3n) is 3.77. The van der Waals surface area contributed by atoms with Gasteiger partial charge in [-0.1, -0.05) is 87.3 Å². The molecule has 0 nitrogen and oxygen atoms in total. The predicted molar refractivity (Wildman–Crippen MR) is 110 cm³/mol. The smallest absolute Gasteiger partial charge is 0.0175 e. The molecule has 0 fully saturated rings. The first kappa shape index (κ1) is 16.9. The van der Waals surface area contributed by atoms with Crippen molar-refractivity contribution >= 4 is 55.7 Å². The van der Waals surface area contributed by atoms with E-state index in [-0.39, 0.29) is 0 Å². The standard InChI is InChI=1S/C20H17Br2P/c1-2-15-3-9-18(10-4-15)23(19-11-5-16(21)6-12-19)20-13-7-17(22)8-14-20/h3-14H,2H2,1H3. The lowest BCUT2D eigenvalue weighted by atomic mass is 10.2. The lowest BCUT2D eigenvalue weighted by molar-refractivity contribution is 1.14. The minimum Gasteiger partial charge on any atom is -0.0613 e. The summed E-state index contributed by atoms with van der Waals surface area (Å²) in [6.07, 6.45) is 1.08. The largest absolute Gasteiger partial charge is 0.0613 e. The summed E-state index contributed by atoms with van der Waals surface area (Å²) < 4.78 is 2.24. The second-order valence-corrected chi connectivity index (χ2v) is 9.36. The Labute approximate surface area is 156 Å². The molecule has 0 amide bonds. The Hall–Kier alpha value is -0.950. The van der Waals surface area contributed by atoms with Gasteiger partial charge in [0, 0.05) is 8.95 Å². The number of hydrogen-bond donors (Lipinski definition) is 0. The van der Waals surface area contributed by atoms with Crippen molar-refractivity contribution in [1.29, 1.82) is 0 Å². The average Bonchev–Trinajstić information content (AvgIpc) is 2.59. The second-order valence-electron chi connectivity index (χ2n) is 5.31. The summed E-state index contributed by atoms with van der Waals surface area (Å²) in [5, 5.41) is 4.13. The molecule has 3 aromatic rings. The van der Waals surface area contributed by atoms with E-state index in [1.54, 1.807) is 0 Å². The zero-order valence-electron chi connectivity index (χ0n) is 12.8. The highest BCUT2D eigenvalue weighted by atomic mass is 79.9. The van der Waals surface area contributed by atoms with Gasteiger partial charge < -0.3 is 0 Å². The van der Waals surface area contributed by atoms with Crippen molar-refractivity contribution in [1.82, 2.24) is 0 Å². The van der Waals surface area contributed by atoms with E-state index in [0.717, 1.165) is 15.4 Å². The van der Waals surface area contributed by atoms with Crippen LogP contribution in [0.25, 0.3) is 0 Å². The highest BCUT2D eigenvalue weighted by Crippen LogP contribution is 2.33. The van der Waals surface area contributed by atoms with Crippen LogP contribution in [0.3, 0.4) is 0 Å². The quantitative estimate of drug-likeness (QED) is 0.461. The van der Waals surface area contributed by atoms with Crippen molar-refractivity contribution in [2.75, 3.05) is 0 Å². The molecule has 0 aliphatic rings. The van der Waals surface area contributed by atoms with Gasteiger partial charge in [0.2, 0.25) is 0 Å². The van der Waals surface area contributed by atoms with Crippen molar-refractivity contribution in [3.63, 3.8) is 0 Å². The molecule has 3 heteroatoms. The Morgan fingerprint density at radius 2 is 0.957 bits per heavy atom. The Bertz CT molecular complexity index is 717. The molecule has 3 aromatic carbocycles. The van der Waals surface area contributed by atoms with Gasteiger partial charge in [-0.05, 0) is 60.1 Å². The Balaban J connectivity index is 2.08. The summed E-state index contributed by atoms with van der Waals surface area (Å²) in [6.45, 7) is 2.20. The predicted octanol–water partition coefficient (Wildman–Crippen LogP) is 5.53. The van der Waals surface area contributed by atoms with Crippen LogP contribution < -0.4 is 15.9 Å². The van der Waals surface area contributed by atoms with Gasteiger partial charge in [-0.2, -0.15) is 0 Å². The maximum absolute atomic E-state index is 3.54. The SMILES string of the molecule is CCc1ccc(P(c2ccc(Br)cc2)c2ccc(Br)cc2)cc1. The maximum Gasteiger partial charge on any atom is 0.0175 e. The second kappa shape index (κ2) is 7.75. The van der Waals surface area contributed by atoms with Crippen LogP contribution in [0, 0.1) is 0 Å². The van der Waals surface area contributed by atoms with Crippen molar-refractivity contribution in [3.8, 4) is 0 Å². The summed E-state index contributed by atoms with van der Waals surface area (Å²) in [4.78, 5) is 0. The Morgan fingerprint density at radius 1 is 0.609 bits per heavy atom. The van der Waals surface area contributed by atoms with Crippen molar-refractivity contribution in [2.24, 2.45) is 0 Å². The van der Waals surface area contributed by atoms with Crippen molar-refractivity contribution in [3.05, 3.63) is 87.3 Å². The van der Waals surface area contributed by atoms with Crippen LogP contribution in [0.15, 0.2) is 81.7 Å². The fraction of sp³-hybridized carbons (Fsp3) is 0.100. The summed E-state index contributed by atoms with van der Waals surface area (Å²) >= 11 is 7.07. The lowest BCUT2D eigenvalue weighted by Gasteiger charge is -2.20. The van der Waals surface area contributed by atoms with E-state index < -0.39 is 7.92 Å². The fourth-order valence-corrected chi connectivity index (χ4v) is 5.27. The molecular weight excluding hydrogens is 431 g/mol. The highest BCUT2D eigenvalue weighted by Gasteiger charge is 2.16. The first-order valence-corrected chi connectivity index (χ1v) is 10.5. The molecule has 0 radical (unpaired) electrons. The third kappa shape index (κ3) is 4.12. The molecule has 0 spiro atoms. The van der Waals surface area contributed by atoms with Gasteiger partial charge in [0.15, 0.2) is 0 Å². The van der Waals surface area contributed by atoms with E-state index in [4.69, 9.17) is 0 Å². The number of rotatable bonds is 4. The molecule has 0 aliphatic heterocycles. The molecule has 116 valence electrons. The number of halogens is 2. The van der Waals surface area contributed by atoms with E-state index >= 15 is 0 Å². The number of hydrogen-bond acceptors (Lipinski definition) is 0. The van der Waals surface area contributed by atoms with Gasteiger partial charge in [0.1, 0.15) is 0 Å². The van der Waals surface area contributed by atoms with E-state index in [9.17, 15) is 0 Å². The Kier molecular flexibility index (Phi) is 5.69. The van der Waals surface area contributed by atoms with Crippen LogP contribution in [0.5, 0.6) is 0 Å². The van der Waals surface area contributed by atoms with Gasteiger partial charge in [-0.25, -0.2) is 0 Å². The van der Waals surface area contributed by atoms with Gasteiger partial charge in [0.25, 0.3) is 0 Å². The van der Waals surface area contributed by atoms with Crippen LogP contribution in [-0.4, -0.2) is 0 Å². The molecule has 0 aliphatic carbocycles. The highest BCUT2D eigenvalue weighted by molar-refractivity contribution is 9.10. The van der Waals surface area contributed by atoms with Gasteiger partial charge in [0.05, 0.1) is 0 Å². The third-order valence-corrected chi connectivity index (χ3v) is 7.27. The molecule has 0 saturated carbocycles. The summed E-state index contributed by atoms with van der Waals surface area (Å²) in [7, 11) is -0.530. The zero-order valence-corrected chi connectivity index (χ0v) is 16.9. The molecule has 0 heterocycles. The average molecular weight is 448 g/mol. The van der Waals surface area contributed by atoms with E-state index in [2.05, 4.69) is 112 Å². The maximum atomic E-state index is 3.54. The molecular formula is C20H17Br2P.